The minimum absolute atomic E-state index is 0.224. The quantitative estimate of drug-likeness (QED) is 0.800. The molecule has 2 N–H and O–H groups in total. The Morgan fingerprint density at radius 1 is 1.11 bits per heavy atom. The van der Waals surface area contributed by atoms with E-state index in [1.807, 2.05) is 0 Å². The third kappa shape index (κ3) is 4.26. The van der Waals surface area contributed by atoms with Gasteiger partial charge in [0.1, 0.15) is 0 Å². The van der Waals surface area contributed by atoms with Crippen molar-refractivity contribution < 1.29 is 18.0 Å². The van der Waals surface area contributed by atoms with E-state index in [1.54, 1.807) is 14.0 Å². The topological polar surface area (TPSA) is 95.6 Å². The Morgan fingerprint density at radius 3 is 2.19 bits per heavy atom. The molecule has 0 spiro atoms. The molecule has 1 aromatic rings. The van der Waals surface area contributed by atoms with Gasteiger partial charge >= 0.3 is 6.03 Å². The van der Waals surface area contributed by atoms with Gasteiger partial charge in [0.25, 0.3) is 0 Å². The van der Waals surface area contributed by atoms with Crippen molar-refractivity contribution in [3.05, 3.63) is 28.3 Å². The maximum absolute atomic E-state index is 12.4. The predicted octanol–water partition coefficient (Wildman–Crippen LogP) is 1.98. The lowest BCUT2D eigenvalue weighted by Gasteiger charge is -2.23. The molecule has 0 fully saturated rings. The number of anilines is 1. The van der Waals surface area contributed by atoms with Crippen LogP contribution in [-0.2, 0) is 40.5 Å². The zero-order chi connectivity index (χ0) is 19.8. The first-order chi connectivity index (χ1) is 12.7. The van der Waals surface area contributed by atoms with E-state index in [0.717, 1.165) is 55.3 Å². The van der Waals surface area contributed by atoms with Gasteiger partial charge in [-0.3, -0.25) is 4.79 Å². The number of hydrogen-bond acceptors (Lipinski definition) is 4. The third-order valence-corrected chi connectivity index (χ3v) is 7.00. The summed E-state index contributed by atoms with van der Waals surface area (Å²) in [5.74, 6) is -0.556. The summed E-state index contributed by atoms with van der Waals surface area (Å²) >= 11 is 0. The molecular weight excluding hydrogens is 366 g/mol. The van der Waals surface area contributed by atoms with Crippen molar-refractivity contribution in [1.82, 2.24) is 9.62 Å². The zero-order valence-electron chi connectivity index (χ0n) is 16.1. The minimum Gasteiger partial charge on any atom is -0.342 e. The van der Waals surface area contributed by atoms with Crippen LogP contribution < -0.4 is 10.0 Å². The van der Waals surface area contributed by atoms with Gasteiger partial charge in [-0.15, -0.1) is 0 Å². The molecule has 0 aliphatic heterocycles. The Morgan fingerprint density at radius 2 is 1.67 bits per heavy atom. The highest BCUT2D eigenvalue weighted by atomic mass is 32.2. The fraction of sp³-hybridized carbons (Fsp3) is 0.579. The van der Waals surface area contributed by atoms with E-state index < -0.39 is 22.1 Å². The number of nitrogens with zero attached hydrogens (tertiary/aromatic N) is 1. The summed E-state index contributed by atoms with van der Waals surface area (Å²) in [5, 5.41) is 2.81. The van der Waals surface area contributed by atoms with Gasteiger partial charge in [-0.05, 0) is 67.7 Å². The third-order valence-electron chi connectivity index (χ3n) is 5.58. The standard InChI is InChI=1S/C19H27N3O4S/c1-12(22(3)13(2)23)11-27(25,26)21-19(24)20-18-16-8-4-6-14(16)10-15-7-5-9-17(15)18/h10,12H,4-9,11H2,1-3H3,(H2,20,21,24). The van der Waals surface area contributed by atoms with Gasteiger partial charge < -0.3 is 10.2 Å². The number of carbonyl (C=O) groups excluding carboxylic acids is 2. The molecule has 0 bridgehead atoms. The van der Waals surface area contributed by atoms with Crippen LogP contribution in [0.15, 0.2) is 6.07 Å². The van der Waals surface area contributed by atoms with Crippen LogP contribution in [0.2, 0.25) is 0 Å². The van der Waals surface area contributed by atoms with Crippen LogP contribution in [0.3, 0.4) is 0 Å². The lowest BCUT2D eigenvalue weighted by atomic mass is 9.99. The number of sulfonamides is 1. The fourth-order valence-corrected chi connectivity index (χ4v) is 5.30. The monoisotopic (exact) mass is 393 g/mol. The number of benzene rings is 1. The highest BCUT2D eigenvalue weighted by Crippen LogP contribution is 2.38. The first kappa shape index (κ1) is 19.7. The molecule has 27 heavy (non-hydrogen) atoms. The fourth-order valence-electron chi connectivity index (χ4n) is 4.03. The summed E-state index contributed by atoms with van der Waals surface area (Å²) in [6, 6.07) is 0.990. The average Bonchev–Trinajstić information content (AvgIpc) is 3.21. The Balaban J connectivity index is 1.73. The molecule has 3 amide bonds. The lowest BCUT2D eigenvalue weighted by Crippen LogP contribution is -2.44. The number of urea groups is 1. The molecule has 0 saturated heterocycles. The second-order valence-corrected chi connectivity index (χ2v) is 9.32. The van der Waals surface area contributed by atoms with Crippen molar-refractivity contribution in [2.45, 2.75) is 58.4 Å². The Bertz CT molecular complexity index is 847. The van der Waals surface area contributed by atoms with Crippen molar-refractivity contribution in [2.75, 3.05) is 18.1 Å². The molecule has 0 aromatic heterocycles. The van der Waals surface area contributed by atoms with Gasteiger partial charge in [-0.2, -0.15) is 0 Å². The molecule has 1 unspecified atom stereocenters. The number of aryl methyl sites for hydroxylation is 2. The van der Waals surface area contributed by atoms with Gasteiger partial charge in [0.15, 0.2) is 0 Å². The van der Waals surface area contributed by atoms with Crippen LogP contribution in [0.4, 0.5) is 10.5 Å². The van der Waals surface area contributed by atoms with E-state index in [1.165, 1.54) is 23.0 Å². The summed E-state index contributed by atoms with van der Waals surface area (Å²) < 4.78 is 26.7. The minimum atomic E-state index is -3.86. The van der Waals surface area contributed by atoms with E-state index in [2.05, 4.69) is 16.1 Å². The summed E-state index contributed by atoms with van der Waals surface area (Å²) in [6.07, 6.45) is 5.94. The van der Waals surface area contributed by atoms with Crippen LogP contribution in [-0.4, -0.2) is 44.1 Å². The first-order valence-electron chi connectivity index (χ1n) is 9.39. The predicted molar refractivity (Wildman–Crippen MR) is 104 cm³/mol. The van der Waals surface area contributed by atoms with Crippen LogP contribution >= 0.6 is 0 Å². The first-order valence-corrected chi connectivity index (χ1v) is 11.0. The van der Waals surface area contributed by atoms with E-state index >= 15 is 0 Å². The van der Waals surface area contributed by atoms with E-state index in [4.69, 9.17) is 0 Å². The summed E-state index contributed by atoms with van der Waals surface area (Å²) in [4.78, 5) is 25.2. The molecule has 1 aromatic carbocycles. The number of amides is 3. The second kappa shape index (κ2) is 7.50. The zero-order valence-corrected chi connectivity index (χ0v) is 16.9. The van der Waals surface area contributed by atoms with Gasteiger partial charge in [0.05, 0.1) is 5.75 Å². The van der Waals surface area contributed by atoms with Crippen LogP contribution in [0.1, 0.15) is 48.9 Å². The van der Waals surface area contributed by atoms with Crippen molar-refractivity contribution in [3.63, 3.8) is 0 Å². The van der Waals surface area contributed by atoms with Crippen LogP contribution in [0.5, 0.6) is 0 Å². The molecule has 2 aliphatic carbocycles. The SMILES string of the molecule is CC(=O)N(C)C(C)CS(=O)(=O)NC(=O)Nc1c2c(cc3c1CCC3)CCC2. The highest BCUT2D eigenvalue weighted by Gasteiger charge is 2.27. The normalized spacial score (nSPS) is 16.4. The molecule has 148 valence electrons. The number of hydrogen-bond donors (Lipinski definition) is 2. The van der Waals surface area contributed by atoms with Gasteiger partial charge in [-0.25, -0.2) is 17.9 Å². The van der Waals surface area contributed by atoms with Crippen molar-refractivity contribution in [2.24, 2.45) is 0 Å². The Labute approximate surface area is 160 Å². The molecular formula is C19H27N3O4S. The Hall–Kier alpha value is -2.09. The largest absolute Gasteiger partial charge is 0.342 e. The highest BCUT2D eigenvalue weighted by molar-refractivity contribution is 7.90. The van der Waals surface area contributed by atoms with Crippen molar-refractivity contribution in [1.29, 1.82) is 0 Å². The summed E-state index contributed by atoms with van der Waals surface area (Å²) in [6.45, 7) is 3.01. The maximum Gasteiger partial charge on any atom is 0.332 e. The van der Waals surface area contributed by atoms with Crippen molar-refractivity contribution >= 4 is 27.6 Å². The van der Waals surface area contributed by atoms with Crippen LogP contribution in [0, 0.1) is 0 Å². The van der Waals surface area contributed by atoms with Crippen LogP contribution in [0.25, 0.3) is 0 Å². The number of fused-ring (bicyclic) bond motifs is 2. The molecule has 1 atom stereocenters. The maximum atomic E-state index is 12.4. The lowest BCUT2D eigenvalue weighted by molar-refractivity contribution is -0.128. The van der Waals surface area contributed by atoms with Gasteiger partial charge in [0.2, 0.25) is 15.9 Å². The molecule has 7 nitrogen and oxygen atoms in total. The molecule has 0 saturated carbocycles. The molecule has 0 radical (unpaired) electrons. The van der Waals surface area contributed by atoms with E-state index in [0.29, 0.717) is 0 Å². The molecule has 0 heterocycles. The second-order valence-electron chi connectivity index (χ2n) is 7.55. The van der Waals surface area contributed by atoms with Crippen molar-refractivity contribution in [3.8, 4) is 0 Å². The number of nitrogens with one attached hydrogen (secondary N) is 2. The average molecular weight is 394 g/mol. The molecule has 8 heteroatoms. The molecule has 2 aliphatic rings. The number of carbonyl (C=O) groups is 2. The summed E-state index contributed by atoms with van der Waals surface area (Å²) in [5.41, 5.74) is 5.64. The summed E-state index contributed by atoms with van der Waals surface area (Å²) in [7, 11) is -2.32. The van der Waals surface area contributed by atoms with E-state index in [-0.39, 0.29) is 11.7 Å². The number of rotatable bonds is 5. The van der Waals surface area contributed by atoms with E-state index in [9.17, 15) is 18.0 Å². The molecule has 3 rings (SSSR count). The van der Waals surface area contributed by atoms with Gasteiger partial charge in [0, 0.05) is 25.7 Å². The smallest absolute Gasteiger partial charge is 0.332 e. The Kier molecular flexibility index (Phi) is 5.46. The van der Waals surface area contributed by atoms with Gasteiger partial charge in [-0.1, -0.05) is 6.07 Å².